The van der Waals surface area contributed by atoms with Crippen LogP contribution in [0.1, 0.15) is 11.8 Å². The SMILES string of the molecule is O=P(O)(O)COC[C@H]1O[C@@H](n2cnc3c(NCc4ccccc4)nc(Cl)nc32)[C@H](O)[C@@H]1O. The number of hydrogen-bond acceptors (Lipinski definition) is 9. The van der Waals surface area contributed by atoms with E-state index in [1.165, 1.54) is 10.9 Å². The summed E-state index contributed by atoms with van der Waals surface area (Å²) < 4.78 is 22.9. The Balaban J connectivity index is 1.54. The fraction of sp³-hybridized carbons (Fsp3) is 0.389. The van der Waals surface area contributed by atoms with E-state index in [9.17, 15) is 14.8 Å². The number of ether oxygens (including phenoxy) is 2. The quantitative estimate of drug-likeness (QED) is 0.226. The van der Waals surface area contributed by atoms with E-state index in [-0.39, 0.29) is 17.5 Å². The summed E-state index contributed by atoms with van der Waals surface area (Å²) in [6.07, 6.45) is -4.28. The van der Waals surface area contributed by atoms with Crippen molar-refractivity contribution in [1.82, 2.24) is 19.5 Å². The largest absolute Gasteiger partial charge is 0.387 e. The molecular weight excluding hydrogens is 465 g/mol. The number of nitrogens with one attached hydrogen (secondary N) is 1. The van der Waals surface area contributed by atoms with Gasteiger partial charge in [0.1, 0.15) is 24.7 Å². The van der Waals surface area contributed by atoms with Crippen molar-refractivity contribution >= 4 is 36.2 Å². The molecule has 0 spiro atoms. The van der Waals surface area contributed by atoms with E-state index >= 15 is 0 Å². The van der Waals surface area contributed by atoms with Crippen LogP contribution in [0.25, 0.3) is 11.2 Å². The predicted molar refractivity (Wildman–Crippen MR) is 113 cm³/mol. The number of rotatable bonds is 8. The Bertz CT molecular complexity index is 1130. The standard InChI is InChI=1S/C18H21ClN5O7P/c19-18-22-15(20-6-10-4-2-1-3-5-10)12-16(23-18)24(8-21-12)17-14(26)13(25)11(31-17)7-30-9-32(27,28)29/h1-5,8,11,13-14,17,25-26H,6-7,9H2,(H,20,22,23)(H2,27,28,29)/t11-,13-,14-,17-/m1/s1. The number of anilines is 1. The van der Waals surface area contributed by atoms with Gasteiger partial charge in [0.15, 0.2) is 23.2 Å². The van der Waals surface area contributed by atoms with E-state index in [1.807, 2.05) is 30.3 Å². The van der Waals surface area contributed by atoms with Gasteiger partial charge >= 0.3 is 7.60 Å². The van der Waals surface area contributed by atoms with Crippen LogP contribution in [-0.2, 0) is 20.6 Å². The van der Waals surface area contributed by atoms with Crippen LogP contribution in [0.15, 0.2) is 36.7 Å². The number of aliphatic hydroxyl groups is 2. The molecule has 14 heteroatoms. The molecule has 3 heterocycles. The van der Waals surface area contributed by atoms with Crippen LogP contribution in [-0.4, -0.2) is 70.8 Å². The second-order valence-corrected chi connectivity index (χ2v) is 9.14. The molecule has 0 radical (unpaired) electrons. The maximum absolute atomic E-state index is 10.9. The number of nitrogens with zero attached hydrogens (tertiary/aromatic N) is 4. The Labute approximate surface area is 187 Å². The van der Waals surface area contributed by atoms with Crippen molar-refractivity contribution < 1.29 is 34.0 Å². The van der Waals surface area contributed by atoms with Gasteiger partial charge in [0.25, 0.3) is 0 Å². The second kappa shape index (κ2) is 9.38. The van der Waals surface area contributed by atoms with Gasteiger partial charge in [-0.1, -0.05) is 30.3 Å². The van der Waals surface area contributed by atoms with E-state index in [0.717, 1.165) is 5.56 Å². The molecular formula is C18H21ClN5O7P. The Kier molecular flexibility index (Phi) is 6.75. The molecule has 1 fully saturated rings. The maximum atomic E-state index is 10.9. The highest BCUT2D eigenvalue weighted by atomic mass is 35.5. The summed E-state index contributed by atoms with van der Waals surface area (Å²) in [6.45, 7) is 0.141. The summed E-state index contributed by atoms with van der Waals surface area (Å²) in [5, 5.41) is 23.9. The van der Waals surface area contributed by atoms with Crippen LogP contribution in [0.4, 0.5) is 5.82 Å². The first kappa shape index (κ1) is 23.0. The molecule has 2 aromatic heterocycles. The molecule has 0 saturated carbocycles. The van der Waals surface area contributed by atoms with Crippen LogP contribution >= 0.6 is 19.2 Å². The molecule has 0 amide bonds. The van der Waals surface area contributed by atoms with Crippen molar-refractivity contribution in [1.29, 1.82) is 0 Å². The zero-order valence-corrected chi connectivity index (χ0v) is 18.2. The normalized spacial score (nSPS) is 23.7. The third-order valence-corrected chi connectivity index (χ3v) is 5.54. The molecule has 3 aromatic rings. The number of hydrogen-bond donors (Lipinski definition) is 5. The second-order valence-electron chi connectivity index (χ2n) is 7.22. The van der Waals surface area contributed by atoms with Crippen LogP contribution in [0.3, 0.4) is 0 Å². The van der Waals surface area contributed by atoms with Crippen molar-refractivity contribution in [3.05, 3.63) is 47.5 Å². The molecule has 172 valence electrons. The summed E-state index contributed by atoms with van der Waals surface area (Å²) in [4.78, 5) is 30.5. The first-order chi connectivity index (χ1) is 15.2. The lowest BCUT2D eigenvalue weighted by molar-refractivity contribution is -0.0612. The number of fused-ring (bicyclic) bond motifs is 1. The fourth-order valence-corrected chi connectivity index (χ4v) is 3.87. The van der Waals surface area contributed by atoms with Crippen molar-refractivity contribution in [2.24, 2.45) is 0 Å². The molecule has 0 aliphatic carbocycles. The van der Waals surface area contributed by atoms with Gasteiger partial charge in [0.2, 0.25) is 5.28 Å². The topological polar surface area (TPSA) is 172 Å². The molecule has 12 nitrogen and oxygen atoms in total. The number of aromatic nitrogens is 4. The lowest BCUT2D eigenvalue weighted by atomic mass is 10.1. The molecule has 1 aromatic carbocycles. The zero-order chi connectivity index (χ0) is 22.9. The fourth-order valence-electron chi connectivity index (χ4n) is 3.37. The predicted octanol–water partition coefficient (Wildman–Crippen LogP) is 0.863. The number of imidazole rings is 1. The first-order valence-electron chi connectivity index (χ1n) is 9.55. The van der Waals surface area contributed by atoms with Crippen LogP contribution in [0, 0.1) is 0 Å². The molecule has 0 unspecified atom stereocenters. The Morgan fingerprint density at radius 2 is 1.94 bits per heavy atom. The molecule has 1 aliphatic heterocycles. The van der Waals surface area contributed by atoms with Gasteiger partial charge in [-0.25, -0.2) is 4.98 Å². The summed E-state index contributed by atoms with van der Waals surface area (Å²) in [5.41, 5.74) is 1.68. The summed E-state index contributed by atoms with van der Waals surface area (Å²) in [7, 11) is -4.37. The van der Waals surface area contributed by atoms with Gasteiger partial charge in [-0.15, -0.1) is 0 Å². The van der Waals surface area contributed by atoms with Gasteiger partial charge in [-0.05, 0) is 17.2 Å². The highest BCUT2D eigenvalue weighted by Gasteiger charge is 2.44. The number of benzene rings is 1. The van der Waals surface area contributed by atoms with E-state index in [1.54, 1.807) is 0 Å². The summed E-state index contributed by atoms with van der Waals surface area (Å²) in [5.74, 6) is 0.386. The molecule has 4 atom stereocenters. The van der Waals surface area contributed by atoms with Gasteiger partial charge in [0.05, 0.1) is 12.9 Å². The third-order valence-electron chi connectivity index (χ3n) is 4.85. The van der Waals surface area contributed by atoms with Gasteiger partial charge in [-0.3, -0.25) is 9.13 Å². The zero-order valence-electron chi connectivity index (χ0n) is 16.5. The van der Waals surface area contributed by atoms with Crippen molar-refractivity contribution in [2.75, 3.05) is 18.3 Å². The van der Waals surface area contributed by atoms with E-state index < -0.39 is 38.5 Å². The molecule has 1 saturated heterocycles. The summed E-state index contributed by atoms with van der Waals surface area (Å²) >= 11 is 6.10. The van der Waals surface area contributed by atoms with Crippen molar-refractivity contribution in [2.45, 2.75) is 31.1 Å². The number of halogens is 1. The van der Waals surface area contributed by atoms with Crippen LogP contribution in [0.5, 0.6) is 0 Å². The van der Waals surface area contributed by atoms with Gasteiger partial charge < -0.3 is 34.8 Å². The molecule has 32 heavy (non-hydrogen) atoms. The lowest BCUT2D eigenvalue weighted by Gasteiger charge is -2.17. The third kappa shape index (κ3) is 5.08. The average Bonchev–Trinajstić information content (AvgIpc) is 3.28. The summed E-state index contributed by atoms with van der Waals surface area (Å²) in [6, 6.07) is 9.64. The minimum atomic E-state index is -4.37. The van der Waals surface area contributed by atoms with Crippen molar-refractivity contribution in [3.63, 3.8) is 0 Å². The smallest absolute Gasteiger partial charge is 0.350 e. The maximum Gasteiger partial charge on any atom is 0.350 e. The number of aliphatic hydroxyl groups excluding tert-OH is 2. The Morgan fingerprint density at radius 1 is 1.19 bits per heavy atom. The monoisotopic (exact) mass is 485 g/mol. The first-order valence-corrected chi connectivity index (χ1v) is 11.7. The molecule has 5 N–H and O–H groups in total. The van der Waals surface area contributed by atoms with E-state index in [4.69, 9.17) is 30.9 Å². The molecule has 0 bridgehead atoms. The van der Waals surface area contributed by atoms with Gasteiger partial charge in [-0.2, -0.15) is 9.97 Å². The van der Waals surface area contributed by atoms with Crippen LogP contribution < -0.4 is 5.32 Å². The minimum Gasteiger partial charge on any atom is -0.387 e. The highest BCUT2D eigenvalue weighted by Crippen LogP contribution is 2.36. The highest BCUT2D eigenvalue weighted by molar-refractivity contribution is 7.51. The van der Waals surface area contributed by atoms with Crippen LogP contribution in [0.2, 0.25) is 5.28 Å². The van der Waals surface area contributed by atoms with Gasteiger partial charge in [0, 0.05) is 6.54 Å². The minimum absolute atomic E-state index is 0.0515. The lowest BCUT2D eigenvalue weighted by Crippen LogP contribution is -2.33. The molecule has 1 aliphatic rings. The Hall–Kier alpha value is -2.15. The van der Waals surface area contributed by atoms with E-state index in [0.29, 0.717) is 17.9 Å². The van der Waals surface area contributed by atoms with Crippen molar-refractivity contribution in [3.8, 4) is 0 Å². The Morgan fingerprint density at radius 3 is 2.66 bits per heavy atom. The molecule has 4 rings (SSSR count). The average molecular weight is 486 g/mol. The van der Waals surface area contributed by atoms with E-state index in [2.05, 4.69) is 20.3 Å².